The van der Waals surface area contributed by atoms with Crippen molar-refractivity contribution in [3.8, 4) is 0 Å². The fourth-order valence-electron chi connectivity index (χ4n) is 8.46. The molecule has 1 aliphatic rings. The molecule has 0 spiro atoms. The number of ether oxygens (including phenoxy) is 2. The molecule has 7 unspecified atom stereocenters. The van der Waals surface area contributed by atoms with Crippen LogP contribution in [-0.4, -0.2) is 87.5 Å². The number of nitrogens with one attached hydrogen (secondary N) is 1. The first-order valence-corrected chi connectivity index (χ1v) is 27.6. The van der Waals surface area contributed by atoms with Gasteiger partial charge in [-0.25, -0.2) is 0 Å². The molecule has 0 radical (unpaired) electrons. The molecular weight excluding hydrogens is 839 g/mol. The molecule has 0 bridgehead atoms. The van der Waals surface area contributed by atoms with Crippen molar-refractivity contribution < 1.29 is 39.8 Å². The number of rotatable bonds is 46. The lowest BCUT2D eigenvalue weighted by molar-refractivity contribution is -0.302. The molecule has 0 aromatic carbocycles. The van der Waals surface area contributed by atoms with E-state index in [0.29, 0.717) is 12.8 Å². The predicted molar refractivity (Wildman–Crippen MR) is 281 cm³/mol. The van der Waals surface area contributed by atoms with Gasteiger partial charge < -0.3 is 40.3 Å². The number of hydrogen-bond donors (Lipinski definition) is 6. The smallest absolute Gasteiger partial charge is 0.220 e. The van der Waals surface area contributed by atoms with E-state index in [-0.39, 0.29) is 12.5 Å². The van der Waals surface area contributed by atoms with Crippen LogP contribution in [0.2, 0.25) is 0 Å². The Bertz CT molecular complexity index is 1280. The van der Waals surface area contributed by atoms with Gasteiger partial charge >= 0.3 is 0 Å². The predicted octanol–water partition coefficient (Wildman–Crippen LogP) is 13.3. The molecule has 6 N–H and O–H groups in total. The molecule has 1 fully saturated rings. The van der Waals surface area contributed by atoms with Gasteiger partial charge in [0, 0.05) is 6.42 Å². The summed E-state index contributed by atoms with van der Waals surface area (Å²) in [4.78, 5) is 13.0. The third-order valence-corrected chi connectivity index (χ3v) is 12.8. The van der Waals surface area contributed by atoms with Gasteiger partial charge in [0.25, 0.3) is 0 Å². The van der Waals surface area contributed by atoms with Gasteiger partial charge in [-0.15, -0.1) is 0 Å². The summed E-state index contributed by atoms with van der Waals surface area (Å²) < 4.78 is 11.3. The van der Waals surface area contributed by atoms with E-state index in [4.69, 9.17) is 9.47 Å². The number of unbranched alkanes of at least 4 members (excludes halogenated alkanes) is 24. The maximum atomic E-state index is 13.0. The van der Waals surface area contributed by atoms with E-state index in [2.05, 4.69) is 92.1 Å². The molecule has 9 nitrogen and oxygen atoms in total. The maximum Gasteiger partial charge on any atom is 0.220 e. The first-order chi connectivity index (χ1) is 32.8. The van der Waals surface area contributed by atoms with Gasteiger partial charge in [-0.1, -0.05) is 234 Å². The second kappa shape index (κ2) is 47.3. The summed E-state index contributed by atoms with van der Waals surface area (Å²) in [7, 11) is 0. The average Bonchev–Trinajstić information content (AvgIpc) is 3.33. The standard InChI is InChI=1S/C58H103NO8/c1-3-5-7-9-11-13-14-15-16-17-18-19-20-21-22-23-24-25-26-27-28-29-30-31-32-33-34-35-36-37-38-40-42-44-46-48-54(62)59-51(52(61)47-45-43-41-39-12-10-8-6-4-2)50-66-58-57(65)56(64)55(63)53(49-60)67-58/h5,7,11,13,15-16,18-19,21-22,24-25,51-53,55-58,60-61,63-65H,3-4,6,8-10,12,14,17,20,23,26-50H2,1-2H3,(H,59,62)/b7-5-,13-11-,16-15-,19-18-,22-21-,25-24-. The van der Waals surface area contributed by atoms with Crippen molar-refractivity contribution in [3.63, 3.8) is 0 Å². The van der Waals surface area contributed by atoms with Crippen LogP contribution in [0.5, 0.6) is 0 Å². The average molecular weight is 942 g/mol. The summed E-state index contributed by atoms with van der Waals surface area (Å²) in [6.07, 6.45) is 58.1. The number of allylic oxidation sites excluding steroid dienone is 12. The summed E-state index contributed by atoms with van der Waals surface area (Å²) in [5.41, 5.74) is 0. The second-order valence-corrected chi connectivity index (χ2v) is 19.0. The second-order valence-electron chi connectivity index (χ2n) is 19.0. The van der Waals surface area contributed by atoms with Gasteiger partial charge in [-0.05, 0) is 64.2 Å². The summed E-state index contributed by atoms with van der Waals surface area (Å²) in [5, 5.41) is 54.3. The fourth-order valence-corrected chi connectivity index (χ4v) is 8.46. The molecule has 0 aromatic rings. The Morgan fingerprint density at radius 3 is 1.37 bits per heavy atom. The Morgan fingerprint density at radius 1 is 0.522 bits per heavy atom. The number of amides is 1. The highest BCUT2D eigenvalue weighted by molar-refractivity contribution is 5.76. The number of aliphatic hydroxyl groups is 5. The van der Waals surface area contributed by atoms with Crippen molar-refractivity contribution in [2.45, 2.75) is 275 Å². The number of hydrogen-bond acceptors (Lipinski definition) is 8. The SMILES string of the molecule is CC/C=C\C/C=C\C/C=C\C/C=C\C/C=C\C/C=C\CCCCCCCCCCCCCCCCCCC(=O)NC(COC1OC(CO)C(O)C(O)C1O)C(O)CCCCCCCCCCC. The maximum absolute atomic E-state index is 13.0. The van der Waals surface area contributed by atoms with Gasteiger partial charge in [0.05, 0.1) is 25.4 Å². The third kappa shape index (κ3) is 37.2. The van der Waals surface area contributed by atoms with Crippen LogP contribution >= 0.6 is 0 Å². The molecule has 1 aliphatic heterocycles. The molecular formula is C58H103NO8. The van der Waals surface area contributed by atoms with Crippen LogP contribution in [0.15, 0.2) is 72.9 Å². The van der Waals surface area contributed by atoms with Crippen LogP contribution in [0.25, 0.3) is 0 Å². The lowest BCUT2D eigenvalue weighted by Crippen LogP contribution is -2.60. The number of aliphatic hydroxyl groups excluding tert-OH is 5. The topological polar surface area (TPSA) is 149 Å². The van der Waals surface area contributed by atoms with Crippen LogP contribution in [-0.2, 0) is 14.3 Å². The molecule has 1 saturated heterocycles. The van der Waals surface area contributed by atoms with Crippen molar-refractivity contribution >= 4 is 5.91 Å². The molecule has 0 aliphatic carbocycles. The Balaban J connectivity index is 2.07. The minimum absolute atomic E-state index is 0.139. The normalized spacial score (nSPS) is 20.3. The Labute approximate surface area is 410 Å². The summed E-state index contributed by atoms with van der Waals surface area (Å²) in [6, 6.07) is -0.718. The van der Waals surface area contributed by atoms with Crippen molar-refractivity contribution in [1.82, 2.24) is 5.32 Å². The minimum Gasteiger partial charge on any atom is -0.394 e. The quantitative estimate of drug-likeness (QED) is 0.0261. The van der Waals surface area contributed by atoms with Crippen molar-refractivity contribution in [2.24, 2.45) is 0 Å². The van der Waals surface area contributed by atoms with Gasteiger partial charge in [0.15, 0.2) is 6.29 Å². The van der Waals surface area contributed by atoms with Crippen molar-refractivity contribution in [2.75, 3.05) is 13.2 Å². The zero-order chi connectivity index (χ0) is 48.7. The van der Waals surface area contributed by atoms with E-state index in [0.717, 1.165) is 77.0 Å². The lowest BCUT2D eigenvalue weighted by atomic mass is 9.99. The zero-order valence-electron chi connectivity index (χ0n) is 42.9. The Hall–Kier alpha value is -2.37. The number of carbonyl (C=O) groups is 1. The van der Waals surface area contributed by atoms with E-state index in [1.807, 2.05) is 0 Å². The molecule has 0 saturated carbocycles. The molecule has 0 aromatic heterocycles. The minimum atomic E-state index is -1.55. The molecule has 9 heteroatoms. The van der Waals surface area contributed by atoms with E-state index in [9.17, 15) is 30.3 Å². The van der Waals surface area contributed by atoms with Crippen LogP contribution in [0.3, 0.4) is 0 Å². The van der Waals surface area contributed by atoms with Gasteiger partial charge in [-0.3, -0.25) is 4.79 Å². The first-order valence-electron chi connectivity index (χ1n) is 27.6. The van der Waals surface area contributed by atoms with E-state index >= 15 is 0 Å². The van der Waals surface area contributed by atoms with Crippen molar-refractivity contribution in [3.05, 3.63) is 72.9 Å². The Morgan fingerprint density at radius 2 is 0.925 bits per heavy atom. The highest BCUT2D eigenvalue weighted by atomic mass is 16.7. The van der Waals surface area contributed by atoms with E-state index < -0.39 is 49.5 Å². The van der Waals surface area contributed by atoms with Crippen LogP contribution < -0.4 is 5.32 Å². The van der Waals surface area contributed by atoms with Crippen LogP contribution in [0.4, 0.5) is 0 Å². The molecule has 67 heavy (non-hydrogen) atoms. The molecule has 7 atom stereocenters. The third-order valence-electron chi connectivity index (χ3n) is 12.8. The van der Waals surface area contributed by atoms with Gasteiger partial charge in [0.2, 0.25) is 5.91 Å². The Kier molecular flexibility index (Phi) is 44.2. The first kappa shape index (κ1) is 62.6. The largest absolute Gasteiger partial charge is 0.394 e. The highest BCUT2D eigenvalue weighted by Gasteiger charge is 2.44. The lowest BCUT2D eigenvalue weighted by Gasteiger charge is -2.40. The van der Waals surface area contributed by atoms with Gasteiger partial charge in [-0.2, -0.15) is 0 Å². The molecule has 1 rings (SSSR count). The monoisotopic (exact) mass is 942 g/mol. The molecule has 388 valence electrons. The highest BCUT2D eigenvalue weighted by Crippen LogP contribution is 2.23. The summed E-state index contributed by atoms with van der Waals surface area (Å²) in [6.45, 7) is 3.69. The van der Waals surface area contributed by atoms with Crippen LogP contribution in [0, 0.1) is 0 Å². The summed E-state index contributed by atoms with van der Waals surface area (Å²) in [5.74, 6) is -0.148. The number of carbonyl (C=O) groups excluding carboxylic acids is 1. The molecule has 1 amide bonds. The van der Waals surface area contributed by atoms with Crippen LogP contribution in [0.1, 0.15) is 232 Å². The van der Waals surface area contributed by atoms with Gasteiger partial charge in [0.1, 0.15) is 24.4 Å². The molecule has 1 heterocycles. The van der Waals surface area contributed by atoms with E-state index in [1.54, 1.807) is 0 Å². The van der Waals surface area contributed by atoms with Crippen molar-refractivity contribution in [1.29, 1.82) is 0 Å². The van der Waals surface area contributed by atoms with E-state index in [1.165, 1.54) is 128 Å². The fraction of sp³-hybridized carbons (Fsp3) is 0.776. The summed E-state index contributed by atoms with van der Waals surface area (Å²) >= 11 is 0. The zero-order valence-corrected chi connectivity index (χ0v) is 42.9.